The highest BCUT2D eigenvalue weighted by atomic mass is 19.4. The van der Waals surface area contributed by atoms with Crippen molar-refractivity contribution in [3.05, 3.63) is 42.4 Å². The van der Waals surface area contributed by atoms with Gasteiger partial charge < -0.3 is 4.74 Å². The van der Waals surface area contributed by atoms with Crippen LogP contribution in [0.4, 0.5) is 13.2 Å². The van der Waals surface area contributed by atoms with Crippen LogP contribution in [0.3, 0.4) is 0 Å². The first-order chi connectivity index (χ1) is 8.44. The second kappa shape index (κ2) is 4.64. The summed E-state index contributed by atoms with van der Waals surface area (Å²) < 4.78 is 39.7. The van der Waals surface area contributed by atoms with E-state index in [1.165, 1.54) is 30.6 Å². The molecule has 0 radical (unpaired) electrons. The molecule has 0 amide bonds. The summed E-state index contributed by atoms with van der Waals surface area (Å²) >= 11 is 0. The molecule has 0 spiro atoms. The second-order valence-corrected chi connectivity index (χ2v) is 3.62. The van der Waals surface area contributed by atoms with Crippen molar-refractivity contribution in [2.45, 2.75) is 13.3 Å². The van der Waals surface area contributed by atoms with Crippen LogP contribution in [0, 0.1) is 6.92 Å². The third-order valence-corrected chi connectivity index (χ3v) is 2.19. The zero-order valence-electron chi connectivity index (χ0n) is 9.40. The van der Waals surface area contributed by atoms with Crippen LogP contribution in [0.5, 0.6) is 5.75 Å². The first-order valence-electron chi connectivity index (χ1n) is 5.09. The summed E-state index contributed by atoms with van der Waals surface area (Å²) in [5.74, 6) is -0.253. The Balaban J connectivity index is 2.22. The normalized spacial score (nSPS) is 11.3. The molecule has 6 heteroatoms. The van der Waals surface area contributed by atoms with Crippen LogP contribution in [0.25, 0.3) is 11.3 Å². The van der Waals surface area contributed by atoms with Crippen LogP contribution >= 0.6 is 0 Å². The molecular formula is C12H9F3N2O. The van der Waals surface area contributed by atoms with Crippen LogP contribution in [0.15, 0.2) is 36.7 Å². The molecule has 18 heavy (non-hydrogen) atoms. The summed E-state index contributed by atoms with van der Waals surface area (Å²) in [6.07, 6.45) is -3.27. The Kier molecular flexibility index (Phi) is 3.18. The molecule has 3 nitrogen and oxygen atoms in total. The van der Waals surface area contributed by atoms with E-state index in [-0.39, 0.29) is 5.75 Å². The first kappa shape index (κ1) is 12.3. The predicted molar refractivity (Wildman–Crippen MR) is 58.9 cm³/mol. The van der Waals surface area contributed by atoms with E-state index >= 15 is 0 Å². The minimum Gasteiger partial charge on any atom is -0.406 e. The van der Waals surface area contributed by atoms with Gasteiger partial charge in [0.15, 0.2) is 0 Å². The number of hydrogen-bond acceptors (Lipinski definition) is 3. The van der Waals surface area contributed by atoms with Crippen LogP contribution in [0.2, 0.25) is 0 Å². The van der Waals surface area contributed by atoms with Gasteiger partial charge in [0.2, 0.25) is 0 Å². The zero-order valence-corrected chi connectivity index (χ0v) is 9.40. The molecule has 0 bridgehead atoms. The van der Waals surface area contributed by atoms with Gasteiger partial charge in [-0.05, 0) is 37.3 Å². The molecule has 0 unspecified atom stereocenters. The standard InChI is InChI=1S/C12H9F3N2O/c1-8-6-11(17-7-16-8)9-2-4-10(5-3-9)18-12(13,14)15/h2-7H,1H3. The average molecular weight is 254 g/mol. The fourth-order valence-electron chi connectivity index (χ4n) is 1.44. The van der Waals surface area contributed by atoms with Crippen molar-refractivity contribution in [2.24, 2.45) is 0 Å². The third kappa shape index (κ3) is 3.19. The van der Waals surface area contributed by atoms with Crippen molar-refractivity contribution >= 4 is 0 Å². The molecule has 0 saturated heterocycles. The van der Waals surface area contributed by atoms with E-state index in [1.807, 2.05) is 6.92 Å². The number of rotatable bonds is 2. The molecule has 2 rings (SSSR count). The quantitative estimate of drug-likeness (QED) is 0.824. The van der Waals surface area contributed by atoms with E-state index < -0.39 is 6.36 Å². The fraction of sp³-hybridized carbons (Fsp3) is 0.167. The summed E-state index contributed by atoms with van der Waals surface area (Å²) in [7, 11) is 0. The van der Waals surface area contributed by atoms with Gasteiger partial charge in [-0.2, -0.15) is 0 Å². The summed E-state index contributed by atoms with van der Waals surface area (Å²) in [4.78, 5) is 7.99. The van der Waals surface area contributed by atoms with Crippen molar-refractivity contribution < 1.29 is 17.9 Å². The lowest BCUT2D eigenvalue weighted by Gasteiger charge is -2.09. The van der Waals surface area contributed by atoms with Crippen molar-refractivity contribution in [1.29, 1.82) is 0 Å². The maximum Gasteiger partial charge on any atom is 0.573 e. The molecule has 1 aromatic carbocycles. The molecule has 94 valence electrons. The number of aromatic nitrogens is 2. The number of nitrogens with zero attached hydrogens (tertiary/aromatic N) is 2. The second-order valence-electron chi connectivity index (χ2n) is 3.62. The smallest absolute Gasteiger partial charge is 0.406 e. The van der Waals surface area contributed by atoms with Gasteiger partial charge in [-0.3, -0.25) is 0 Å². The SMILES string of the molecule is Cc1cc(-c2ccc(OC(F)(F)F)cc2)ncn1. The molecular weight excluding hydrogens is 245 g/mol. The molecule has 0 aliphatic heterocycles. The van der Waals surface area contributed by atoms with E-state index in [2.05, 4.69) is 14.7 Å². The van der Waals surface area contributed by atoms with Crippen LogP contribution in [0.1, 0.15) is 5.69 Å². The summed E-state index contributed by atoms with van der Waals surface area (Å²) in [6.45, 7) is 1.81. The van der Waals surface area contributed by atoms with Gasteiger partial charge in [-0.1, -0.05) is 0 Å². The van der Waals surface area contributed by atoms with Crippen LogP contribution in [-0.2, 0) is 0 Å². The highest BCUT2D eigenvalue weighted by Gasteiger charge is 2.30. The Morgan fingerprint density at radius 3 is 2.28 bits per heavy atom. The molecule has 0 aliphatic carbocycles. The van der Waals surface area contributed by atoms with Crippen molar-refractivity contribution in [2.75, 3.05) is 0 Å². The number of alkyl halides is 3. The lowest BCUT2D eigenvalue weighted by atomic mass is 10.1. The third-order valence-electron chi connectivity index (χ3n) is 2.19. The maximum atomic E-state index is 12.0. The number of ether oxygens (including phenoxy) is 1. The van der Waals surface area contributed by atoms with Crippen molar-refractivity contribution in [1.82, 2.24) is 9.97 Å². The van der Waals surface area contributed by atoms with E-state index in [1.54, 1.807) is 6.07 Å². The molecule has 1 heterocycles. The number of benzene rings is 1. The molecule has 0 saturated carbocycles. The lowest BCUT2D eigenvalue weighted by molar-refractivity contribution is -0.274. The van der Waals surface area contributed by atoms with E-state index in [9.17, 15) is 13.2 Å². The first-order valence-corrected chi connectivity index (χ1v) is 5.09. The van der Waals surface area contributed by atoms with Crippen LogP contribution in [-0.4, -0.2) is 16.3 Å². The highest BCUT2D eigenvalue weighted by molar-refractivity contribution is 5.59. The van der Waals surface area contributed by atoms with Crippen molar-refractivity contribution in [3.8, 4) is 17.0 Å². The van der Waals surface area contributed by atoms with Crippen LogP contribution < -0.4 is 4.74 Å². The van der Waals surface area contributed by atoms with Gasteiger partial charge in [0.1, 0.15) is 12.1 Å². The Hall–Kier alpha value is -2.11. The molecule has 2 aromatic rings. The average Bonchev–Trinajstić information content (AvgIpc) is 2.28. The minimum absolute atomic E-state index is 0.253. The van der Waals surface area contributed by atoms with Gasteiger partial charge in [0.25, 0.3) is 0 Å². The van der Waals surface area contributed by atoms with Gasteiger partial charge in [0, 0.05) is 11.3 Å². The van der Waals surface area contributed by atoms with Gasteiger partial charge in [-0.25, -0.2) is 9.97 Å². The largest absolute Gasteiger partial charge is 0.573 e. The van der Waals surface area contributed by atoms with Gasteiger partial charge in [-0.15, -0.1) is 13.2 Å². The van der Waals surface area contributed by atoms with Gasteiger partial charge >= 0.3 is 6.36 Å². The van der Waals surface area contributed by atoms with Crippen molar-refractivity contribution in [3.63, 3.8) is 0 Å². The Morgan fingerprint density at radius 1 is 1.06 bits per heavy atom. The molecule has 0 atom stereocenters. The Bertz CT molecular complexity index is 538. The van der Waals surface area contributed by atoms with Gasteiger partial charge in [0.05, 0.1) is 5.69 Å². The van der Waals surface area contributed by atoms with E-state index in [0.29, 0.717) is 11.3 Å². The Morgan fingerprint density at radius 2 is 1.72 bits per heavy atom. The minimum atomic E-state index is -4.67. The maximum absolute atomic E-state index is 12.0. The highest BCUT2D eigenvalue weighted by Crippen LogP contribution is 2.25. The number of aryl methyl sites for hydroxylation is 1. The molecule has 0 fully saturated rings. The summed E-state index contributed by atoms with van der Waals surface area (Å²) in [6, 6.07) is 7.28. The Labute approximate surface area is 101 Å². The monoisotopic (exact) mass is 254 g/mol. The van der Waals surface area contributed by atoms with E-state index in [0.717, 1.165) is 5.69 Å². The predicted octanol–water partition coefficient (Wildman–Crippen LogP) is 3.35. The topological polar surface area (TPSA) is 35.0 Å². The fourth-order valence-corrected chi connectivity index (χ4v) is 1.44. The summed E-state index contributed by atoms with van der Waals surface area (Å²) in [5, 5.41) is 0. The zero-order chi connectivity index (χ0) is 13.2. The summed E-state index contributed by atoms with van der Waals surface area (Å²) in [5.41, 5.74) is 2.15. The number of halogens is 3. The molecule has 1 aromatic heterocycles. The van der Waals surface area contributed by atoms with E-state index in [4.69, 9.17) is 0 Å². The number of hydrogen-bond donors (Lipinski definition) is 0. The lowest BCUT2D eigenvalue weighted by Crippen LogP contribution is -2.16. The molecule has 0 N–H and O–H groups in total. The molecule has 0 aliphatic rings.